The first kappa shape index (κ1) is 18.5. The van der Waals surface area contributed by atoms with E-state index in [1.165, 1.54) is 18.0 Å². The van der Waals surface area contributed by atoms with E-state index in [2.05, 4.69) is 15.8 Å². The number of carbonyl (C=O) groups is 2. The van der Waals surface area contributed by atoms with E-state index < -0.39 is 0 Å². The number of para-hydroxylation sites is 1. The molecule has 0 atom stereocenters. The molecular weight excluding hydrogens is 362 g/mol. The van der Waals surface area contributed by atoms with Crippen molar-refractivity contribution < 1.29 is 14.0 Å². The molecular formula is C20H17N3O3S. The fourth-order valence-electron chi connectivity index (χ4n) is 2.15. The van der Waals surface area contributed by atoms with Crippen molar-refractivity contribution in [1.29, 1.82) is 0 Å². The summed E-state index contributed by atoms with van der Waals surface area (Å²) in [7, 11) is 0. The van der Waals surface area contributed by atoms with Gasteiger partial charge in [0.1, 0.15) is 5.76 Å². The second kappa shape index (κ2) is 9.40. The van der Waals surface area contributed by atoms with Gasteiger partial charge in [-0.05, 0) is 36.4 Å². The summed E-state index contributed by atoms with van der Waals surface area (Å²) in [6.45, 7) is 0. The predicted molar refractivity (Wildman–Crippen MR) is 106 cm³/mol. The number of hydrogen-bond donors (Lipinski definition) is 2. The van der Waals surface area contributed by atoms with Crippen molar-refractivity contribution in [2.45, 2.75) is 5.09 Å². The molecule has 0 bridgehead atoms. The van der Waals surface area contributed by atoms with Gasteiger partial charge in [0.25, 0.3) is 5.91 Å². The highest BCUT2D eigenvalue weighted by atomic mass is 32.2. The van der Waals surface area contributed by atoms with Crippen molar-refractivity contribution in [1.82, 2.24) is 5.43 Å². The van der Waals surface area contributed by atoms with Crippen LogP contribution in [0, 0.1) is 0 Å². The Balaban J connectivity index is 1.45. The molecule has 0 saturated heterocycles. The summed E-state index contributed by atoms with van der Waals surface area (Å²) >= 11 is 1.28. The van der Waals surface area contributed by atoms with E-state index in [0.717, 1.165) is 5.69 Å². The normalized spacial score (nSPS) is 10.7. The summed E-state index contributed by atoms with van der Waals surface area (Å²) < 4.78 is 5.55. The van der Waals surface area contributed by atoms with Crippen LogP contribution in [-0.4, -0.2) is 23.8 Å². The molecule has 0 aliphatic carbocycles. The number of anilines is 1. The van der Waals surface area contributed by atoms with E-state index >= 15 is 0 Å². The molecule has 0 unspecified atom stereocenters. The van der Waals surface area contributed by atoms with E-state index in [1.54, 1.807) is 36.4 Å². The second-order valence-electron chi connectivity index (χ2n) is 5.42. The lowest BCUT2D eigenvalue weighted by Crippen LogP contribution is -2.17. The highest BCUT2D eigenvalue weighted by Gasteiger charge is 2.07. The van der Waals surface area contributed by atoms with E-state index in [0.29, 0.717) is 16.4 Å². The molecule has 1 aromatic heterocycles. The van der Waals surface area contributed by atoms with Crippen LogP contribution in [0.15, 0.2) is 87.4 Å². The van der Waals surface area contributed by atoms with Crippen LogP contribution in [-0.2, 0) is 4.79 Å². The molecule has 1 heterocycles. The van der Waals surface area contributed by atoms with Gasteiger partial charge in [-0.3, -0.25) is 9.59 Å². The van der Waals surface area contributed by atoms with Gasteiger partial charge >= 0.3 is 0 Å². The van der Waals surface area contributed by atoms with Crippen LogP contribution in [0.1, 0.15) is 16.1 Å². The molecule has 136 valence electrons. The lowest BCUT2D eigenvalue weighted by molar-refractivity contribution is -0.113. The molecule has 2 aromatic carbocycles. The Morgan fingerprint density at radius 3 is 2.41 bits per heavy atom. The van der Waals surface area contributed by atoms with E-state index in [1.807, 2.05) is 36.4 Å². The summed E-state index contributed by atoms with van der Waals surface area (Å²) in [5.41, 5.74) is 3.71. The molecule has 0 aliphatic heterocycles. The average Bonchev–Trinajstić information content (AvgIpc) is 3.15. The fourth-order valence-corrected chi connectivity index (χ4v) is 2.81. The smallest absolute Gasteiger partial charge is 0.271 e. The quantitative estimate of drug-likeness (QED) is 0.372. The molecule has 7 heteroatoms. The molecule has 0 radical (unpaired) electrons. The molecule has 0 saturated carbocycles. The van der Waals surface area contributed by atoms with Gasteiger partial charge in [0, 0.05) is 11.3 Å². The van der Waals surface area contributed by atoms with Crippen LogP contribution in [0.5, 0.6) is 0 Å². The number of nitrogens with one attached hydrogen (secondary N) is 2. The summed E-state index contributed by atoms with van der Waals surface area (Å²) in [6.07, 6.45) is 1.41. The maximum atomic E-state index is 11.9. The van der Waals surface area contributed by atoms with Gasteiger partial charge in [0.15, 0.2) is 5.09 Å². The van der Waals surface area contributed by atoms with Crippen molar-refractivity contribution in [3.8, 4) is 0 Å². The minimum Gasteiger partial charge on any atom is -0.449 e. The largest absolute Gasteiger partial charge is 0.449 e. The van der Waals surface area contributed by atoms with Crippen molar-refractivity contribution in [3.05, 3.63) is 84.1 Å². The maximum Gasteiger partial charge on any atom is 0.271 e. The summed E-state index contributed by atoms with van der Waals surface area (Å²) in [6, 6.07) is 21.5. The fraction of sp³-hybridized carbons (Fsp3) is 0.0500. The molecule has 2 N–H and O–H groups in total. The number of hydrogen-bond acceptors (Lipinski definition) is 5. The molecule has 3 rings (SSSR count). The third-order valence-electron chi connectivity index (χ3n) is 3.40. The van der Waals surface area contributed by atoms with Crippen molar-refractivity contribution in [2.75, 3.05) is 11.1 Å². The first-order valence-electron chi connectivity index (χ1n) is 8.17. The number of carbonyl (C=O) groups excluding carboxylic acids is 2. The van der Waals surface area contributed by atoms with Gasteiger partial charge in [0.2, 0.25) is 5.91 Å². The van der Waals surface area contributed by atoms with Gasteiger partial charge in [0.05, 0.1) is 12.0 Å². The van der Waals surface area contributed by atoms with Crippen LogP contribution in [0.25, 0.3) is 0 Å². The number of hydrazone groups is 1. The lowest BCUT2D eigenvalue weighted by atomic mass is 10.2. The molecule has 6 nitrogen and oxygen atoms in total. The molecule has 0 spiro atoms. The van der Waals surface area contributed by atoms with Crippen molar-refractivity contribution >= 4 is 35.5 Å². The zero-order valence-electron chi connectivity index (χ0n) is 14.3. The second-order valence-corrected chi connectivity index (χ2v) is 6.40. The molecule has 27 heavy (non-hydrogen) atoms. The Kier molecular flexibility index (Phi) is 6.43. The molecule has 0 aliphatic rings. The zero-order chi connectivity index (χ0) is 18.9. The first-order chi connectivity index (χ1) is 13.2. The van der Waals surface area contributed by atoms with Gasteiger partial charge < -0.3 is 9.73 Å². The Bertz CT molecular complexity index is 924. The van der Waals surface area contributed by atoms with Crippen LogP contribution >= 0.6 is 11.8 Å². The monoisotopic (exact) mass is 379 g/mol. The zero-order valence-corrected chi connectivity index (χ0v) is 15.1. The number of furan rings is 1. The minimum absolute atomic E-state index is 0.118. The highest BCUT2D eigenvalue weighted by Crippen LogP contribution is 2.20. The van der Waals surface area contributed by atoms with E-state index in [4.69, 9.17) is 4.42 Å². The summed E-state index contributed by atoms with van der Waals surface area (Å²) in [4.78, 5) is 23.8. The predicted octanol–water partition coefficient (Wildman–Crippen LogP) is 3.77. The van der Waals surface area contributed by atoms with Crippen LogP contribution in [0.3, 0.4) is 0 Å². The van der Waals surface area contributed by atoms with E-state index in [-0.39, 0.29) is 17.6 Å². The van der Waals surface area contributed by atoms with Crippen LogP contribution < -0.4 is 10.7 Å². The lowest BCUT2D eigenvalue weighted by Gasteiger charge is -2.03. The van der Waals surface area contributed by atoms with E-state index in [9.17, 15) is 9.59 Å². The Labute approximate surface area is 160 Å². The van der Waals surface area contributed by atoms with Gasteiger partial charge in [-0.2, -0.15) is 5.10 Å². The molecule has 3 aromatic rings. The molecule has 0 fully saturated rings. The Hall–Kier alpha value is -3.32. The Morgan fingerprint density at radius 2 is 1.67 bits per heavy atom. The van der Waals surface area contributed by atoms with Crippen molar-refractivity contribution in [3.63, 3.8) is 0 Å². The standard InChI is InChI=1S/C20H17N3O3S/c24-18(22-16-9-5-2-6-10-16)14-27-19-12-11-17(26-19)13-21-23-20(25)15-7-3-1-4-8-15/h1-13H,14H2,(H,22,24)(H,23,25)/b21-13-. The SMILES string of the molecule is O=C(CSc1ccc(/C=N\NC(=O)c2ccccc2)o1)Nc1ccccc1. The Morgan fingerprint density at radius 1 is 0.963 bits per heavy atom. The number of amides is 2. The number of nitrogens with zero attached hydrogens (tertiary/aromatic N) is 1. The summed E-state index contributed by atoms with van der Waals surface area (Å²) in [5.74, 6) is 0.289. The third-order valence-corrected chi connectivity index (χ3v) is 4.31. The number of thioether (sulfide) groups is 1. The van der Waals surface area contributed by atoms with Crippen LogP contribution in [0.4, 0.5) is 5.69 Å². The maximum absolute atomic E-state index is 11.9. The van der Waals surface area contributed by atoms with Gasteiger partial charge in [-0.15, -0.1) is 0 Å². The third kappa shape index (κ3) is 5.86. The van der Waals surface area contributed by atoms with Crippen LogP contribution in [0.2, 0.25) is 0 Å². The number of benzene rings is 2. The average molecular weight is 379 g/mol. The van der Waals surface area contributed by atoms with Crippen molar-refractivity contribution in [2.24, 2.45) is 5.10 Å². The molecule has 2 amide bonds. The highest BCUT2D eigenvalue weighted by molar-refractivity contribution is 7.99. The number of rotatable bonds is 7. The topological polar surface area (TPSA) is 83.7 Å². The summed E-state index contributed by atoms with van der Waals surface area (Å²) in [5, 5.41) is 7.27. The van der Waals surface area contributed by atoms with Gasteiger partial charge in [-0.25, -0.2) is 5.43 Å². The minimum atomic E-state index is -0.300. The van der Waals surface area contributed by atoms with Gasteiger partial charge in [-0.1, -0.05) is 48.2 Å². The first-order valence-corrected chi connectivity index (χ1v) is 9.15.